The summed E-state index contributed by atoms with van der Waals surface area (Å²) in [6.07, 6.45) is 0. The lowest BCUT2D eigenvalue weighted by Gasteiger charge is -2.21. The van der Waals surface area contributed by atoms with Crippen LogP contribution in [0.4, 0.5) is 0 Å². The van der Waals surface area contributed by atoms with Crippen molar-refractivity contribution in [3.8, 4) is 11.5 Å². The zero-order valence-electron chi connectivity index (χ0n) is 15.0. The Balaban J connectivity index is 1.55. The standard InChI is InChI=1S/C20H21NO6/c1-2-21(10-15-5-8-17-18(9-15)27-13-26-17)19(23)12-25-20(24)16-6-3-14(11-22)4-7-16/h3-9,22H,2,10-13H2,1H3. The van der Waals surface area contributed by atoms with Gasteiger partial charge in [-0.15, -0.1) is 0 Å². The van der Waals surface area contributed by atoms with E-state index in [4.69, 9.17) is 19.3 Å². The van der Waals surface area contributed by atoms with Crippen LogP contribution in [0.5, 0.6) is 11.5 Å². The lowest BCUT2D eigenvalue weighted by atomic mass is 10.1. The summed E-state index contributed by atoms with van der Waals surface area (Å²) in [5.74, 6) is 0.491. The third-order valence-corrected chi connectivity index (χ3v) is 4.24. The molecule has 1 N–H and O–H groups in total. The largest absolute Gasteiger partial charge is 0.454 e. The van der Waals surface area contributed by atoms with Crippen LogP contribution in [-0.4, -0.2) is 41.8 Å². The van der Waals surface area contributed by atoms with E-state index >= 15 is 0 Å². The number of benzene rings is 2. The number of hydrogen-bond donors (Lipinski definition) is 1. The van der Waals surface area contributed by atoms with E-state index in [-0.39, 0.29) is 25.9 Å². The van der Waals surface area contributed by atoms with Crippen molar-refractivity contribution in [1.29, 1.82) is 0 Å². The Hall–Kier alpha value is -3.06. The number of fused-ring (bicyclic) bond motifs is 1. The van der Waals surface area contributed by atoms with Crippen molar-refractivity contribution in [2.24, 2.45) is 0 Å². The lowest BCUT2D eigenvalue weighted by molar-refractivity contribution is -0.134. The predicted octanol–water partition coefficient (Wildman–Crippen LogP) is 2.11. The van der Waals surface area contributed by atoms with Gasteiger partial charge in [0.1, 0.15) is 0 Å². The molecule has 2 aromatic rings. The van der Waals surface area contributed by atoms with Gasteiger partial charge in [0, 0.05) is 13.1 Å². The summed E-state index contributed by atoms with van der Waals surface area (Å²) in [4.78, 5) is 26.1. The van der Waals surface area contributed by atoms with Crippen LogP contribution in [0.3, 0.4) is 0 Å². The van der Waals surface area contributed by atoms with Crippen LogP contribution in [0.15, 0.2) is 42.5 Å². The molecule has 0 aliphatic carbocycles. The molecule has 2 aromatic carbocycles. The Morgan fingerprint density at radius 3 is 2.48 bits per heavy atom. The Kier molecular flexibility index (Phi) is 5.93. The molecule has 1 amide bonds. The molecule has 142 valence electrons. The Labute approximate surface area is 157 Å². The first-order valence-corrected chi connectivity index (χ1v) is 8.64. The number of ether oxygens (including phenoxy) is 3. The van der Waals surface area contributed by atoms with E-state index in [0.29, 0.717) is 35.7 Å². The molecule has 7 nitrogen and oxygen atoms in total. The summed E-state index contributed by atoms with van der Waals surface area (Å²) in [6, 6.07) is 11.9. The van der Waals surface area contributed by atoms with Crippen LogP contribution in [0, 0.1) is 0 Å². The van der Waals surface area contributed by atoms with Gasteiger partial charge in [-0.1, -0.05) is 18.2 Å². The van der Waals surface area contributed by atoms with Gasteiger partial charge < -0.3 is 24.2 Å². The minimum absolute atomic E-state index is 0.0981. The average Bonchev–Trinajstić information content (AvgIpc) is 3.17. The SMILES string of the molecule is CCN(Cc1ccc2c(c1)OCO2)C(=O)COC(=O)c1ccc(CO)cc1. The van der Waals surface area contributed by atoms with E-state index in [2.05, 4.69) is 0 Å². The summed E-state index contributed by atoms with van der Waals surface area (Å²) >= 11 is 0. The van der Waals surface area contributed by atoms with Crippen molar-refractivity contribution in [1.82, 2.24) is 4.90 Å². The molecule has 27 heavy (non-hydrogen) atoms. The molecule has 0 radical (unpaired) electrons. The number of likely N-dealkylation sites (N-methyl/N-ethyl adjacent to an activating group) is 1. The van der Waals surface area contributed by atoms with Gasteiger partial charge in [0.2, 0.25) is 6.79 Å². The number of aliphatic hydroxyl groups is 1. The van der Waals surface area contributed by atoms with Crippen molar-refractivity contribution in [3.63, 3.8) is 0 Å². The maximum Gasteiger partial charge on any atom is 0.338 e. The first-order chi connectivity index (χ1) is 13.1. The number of aliphatic hydroxyl groups excluding tert-OH is 1. The predicted molar refractivity (Wildman–Crippen MR) is 96.3 cm³/mol. The number of rotatable bonds is 7. The van der Waals surface area contributed by atoms with Crippen LogP contribution in [-0.2, 0) is 22.7 Å². The van der Waals surface area contributed by atoms with Crippen LogP contribution in [0.1, 0.15) is 28.4 Å². The number of carbonyl (C=O) groups is 2. The van der Waals surface area contributed by atoms with Crippen LogP contribution in [0.25, 0.3) is 0 Å². The molecule has 0 aromatic heterocycles. The van der Waals surface area contributed by atoms with Crippen LogP contribution < -0.4 is 9.47 Å². The van der Waals surface area contributed by atoms with Crippen LogP contribution >= 0.6 is 0 Å². The van der Waals surface area contributed by atoms with E-state index in [1.165, 1.54) is 0 Å². The topological polar surface area (TPSA) is 85.3 Å². The Morgan fingerprint density at radius 2 is 1.78 bits per heavy atom. The van der Waals surface area contributed by atoms with Crippen molar-refractivity contribution >= 4 is 11.9 Å². The monoisotopic (exact) mass is 371 g/mol. The molecule has 0 fully saturated rings. The molecule has 3 rings (SSSR count). The first-order valence-electron chi connectivity index (χ1n) is 8.64. The second kappa shape index (κ2) is 8.55. The molecular weight excluding hydrogens is 350 g/mol. The Morgan fingerprint density at radius 1 is 1.07 bits per heavy atom. The maximum atomic E-state index is 12.4. The van der Waals surface area contributed by atoms with Gasteiger partial charge in [0.05, 0.1) is 12.2 Å². The highest BCUT2D eigenvalue weighted by Crippen LogP contribution is 2.32. The molecule has 0 atom stereocenters. The molecule has 0 spiro atoms. The van der Waals surface area contributed by atoms with Crippen molar-refractivity contribution < 1.29 is 28.9 Å². The summed E-state index contributed by atoms with van der Waals surface area (Å²) in [6.45, 7) is 2.49. The van der Waals surface area contributed by atoms with Gasteiger partial charge in [-0.3, -0.25) is 4.79 Å². The smallest absolute Gasteiger partial charge is 0.338 e. The highest BCUT2D eigenvalue weighted by atomic mass is 16.7. The van der Waals surface area contributed by atoms with Gasteiger partial charge in [0.25, 0.3) is 5.91 Å². The van der Waals surface area contributed by atoms with Gasteiger partial charge in [-0.05, 0) is 42.3 Å². The van der Waals surface area contributed by atoms with E-state index in [0.717, 1.165) is 5.56 Å². The number of nitrogens with zero attached hydrogens (tertiary/aromatic N) is 1. The minimum Gasteiger partial charge on any atom is -0.454 e. The maximum absolute atomic E-state index is 12.4. The fraction of sp³-hybridized carbons (Fsp3) is 0.300. The normalized spacial score (nSPS) is 11.9. The van der Waals surface area contributed by atoms with Crippen molar-refractivity contribution in [2.75, 3.05) is 19.9 Å². The van der Waals surface area contributed by atoms with Gasteiger partial charge >= 0.3 is 5.97 Å². The average molecular weight is 371 g/mol. The molecule has 7 heteroatoms. The summed E-state index contributed by atoms with van der Waals surface area (Å²) in [5, 5.41) is 9.02. The fourth-order valence-electron chi connectivity index (χ4n) is 2.68. The third kappa shape index (κ3) is 4.57. The summed E-state index contributed by atoms with van der Waals surface area (Å²) in [7, 11) is 0. The lowest BCUT2D eigenvalue weighted by Crippen LogP contribution is -2.34. The van der Waals surface area contributed by atoms with Gasteiger partial charge in [-0.25, -0.2) is 4.79 Å². The molecule has 0 saturated carbocycles. The van der Waals surface area contributed by atoms with E-state index < -0.39 is 5.97 Å². The number of carbonyl (C=O) groups excluding carboxylic acids is 2. The number of hydrogen-bond acceptors (Lipinski definition) is 6. The van der Waals surface area contributed by atoms with Crippen molar-refractivity contribution in [2.45, 2.75) is 20.1 Å². The van der Waals surface area contributed by atoms with Crippen LogP contribution in [0.2, 0.25) is 0 Å². The van der Waals surface area contributed by atoms with Crippen molar-refractivity contribution in [3.05, 3.63) is 59.2 Å². The van der Waals surface area contributed by atoms with E-state index in [9.17, 15) is 9.59 Å². The zero-order chi connectivity index (χ0) is 19.2. The van der Waals surface area contributed by atoms with E-state index in [1.54, 1.807) is 29.2 Å². The van der Waals surface area contributed by atoms with Gasteiger partial charge in [0.15, 0.2) is 18.1 Å². The molecular formula is C20H21NO6. The number of amides is 1. The molecule has 1 aliphatic heterocycles. The molecule has 1 heterocycles. The third-order valence-electron chi connectivity index (χ3n) is 4.24. The summed E-state index contributed by atoms with van der Waals surface area (Å²) < 4.78 is 15.7. The molecule has 1 aliphatic rings. The number of esters is 1. The van der Waals surface area contributed by atoms with E-state index in [1.807, 2.05) is 25.1 Å². The Bertz CT molecular complexity index is 818. The highest BCUT2D eigenvalue weighted by Gasteiger charge is 2.18. The second-order valence-electron chi connectivity index (χ2n) is 6.03. The second-order valence-corrected chi connectivity index (χ2v) is 6.03. The quantitative estimate of drug-likeness (QED) is 0.751. The zero-order valence-corrected chi connectivity index (χ0v) is 15.0. The summed E-state index contributed by atoms with van der Waals surface area (Å²) in [5.41, 5.74) is 1.93. The first kappa shape index (κ1) is 18.7. The fourth-order valence-corrected chi connectivity index (χ4v) is 2.68. The molecule has 0 unspecified atom stereocenters. The molecule has 0 saturated heterocycles. The minimum atomic E-state index is -0.577. The molecule has 0 bridgehead atoms. The highest BCUT2D eigenvalue weighted by molar-refractivity contribution is 5.91. The van der Waals surface area contributed by atoms with Gasteiger partial charge in [-0.2, -0.15) is 0 Å².